The highest BCUT2D eigenvalue weighted by Crippen LogP contribution is 2.23. The lowest BCUT2D eigenvalue weighted by molar-refractivity contribution is -0.119. The molecule has 27 heavy (non-hydrogen) atoms. The third kappa shape index (κ3) is 5.05. The van der Waals surface area contributed by atoms with E-state index in [-0.39, 0.29) is 11.4 Å². The molecule has 3 aromatic rings. The molecule has 0 aliphatic rings. The van der Waals surface area contributed by atoms with Gasteiger partial charge in [-0.1, -0.05) is 41.9 Å². The van der Waals surface area contributed by atoms with Crippen molar-refractivity contribution in [1.29, 1.82) is 0 Å². The number of rotatable bonds is 6. The summed E-state index contributed by atoms with van der Waals surface area (Å²) in [4.78, 5) is 28.4. The lowest BCUT2D eigenvalue weighted by Gasteiger charge is -2.10. The molecule has 0 spiro atoms. The van der Waals surface area contributed by atoms with Crippen LogP contribution in [0.25, 0.3) is 0 Å². The Morgan fingerprint density at radius 2 is 1.70 bits per heavy atom. The number of carbonyl (C=O) groups excluding carboxylic acids is 2. The van der Waals surface area contributed by atoms with Crippen LogP contribution in [0, 0.1) is 0 Å². The van der Waals surface area contributed by atoms with Crippen LogP contribution < -0.4 is 10.1 Å². The highest BCUT2D eigenvalue weighted by atomic mass is 35.5. The third-order valence-corrected chi connectivity index (χ3v) is 3.76. The monoisotopic (exact) mass is 382 g/mol. The number of nitrogens with zero attached hydrogens (tertiary/aromatic N) is 1. The fourth-order valence-corrected chi connectivity index (χ4v) is 2.37. The Morgan fingerprint density at radius 1 is 0.963 bits per heavy atom. The van der Waals surface area contributed by atoms with Crippen LogP contribution in [0.3, 0.4) is 0 Å². The molecule has 0 aliphatic carbocycles. The average Bonchev–Trinajstić information content (AvgIpc) is 2.69. The molecule has 1 amide bonds. The summed E-state index contributed by atoms with van der Waals surface area (Å²) in [5.74, 6) is -0.601. The maximum Gasteiger partial charge on any atom is 0.344 e. The zero-order valence-corrected chi connectivity index (χ0v) is 14.8. The Hall–Kier alpha value is -3.38. The number of carbonyl (C=O) groups is 2. The number of pyridine rings is 1. The van der Waals surface area contributed by atoms with E-state index in [1.165, 1.54) is 12.3 Å². The molecule has 6 nitrogen and oxygen atoms in total. The molecule has 0 unspecified atom stereocenters. The van der Waals surface area contributed by atoms with Gasteiger partial charge in [0.2, 0.25) is 5.88 Å². The van der Waals surface area contributed by atoms with Crippen molar-refractivity contribution < 1.29 is 19.1 Å². The van der Waals surface area contributed by atoms with Crippen LogP contribution in [0.1, 0.15) is 10.4 Å². The average molecular weight is 383 g/mol. The van der Waals surface area contributed by atoms with Gasteiger partial charge in [0.25, 0.3) is 5.91 Å². The molecule has 1 heterocycles. The normalized spacial score (nSPS) is 10.1. The third-order valence-electron chi connectivity index (χ3n) is 3.43. The van der Waals surface area contributed by atoms with Crippen molar-refractivity contribution in [1.82, 2.24) is 4.98 Å². The minimum Gasteiger partial charge on any atom is -0.452 e. The van der Waals surface area contributed by atoms with Crippen LogP contribution in [0.2, 0.25) is 5.02 Å². The molecule has 1 aromatic heterocycles. The SMILES string of the molecule is O=C(COC(=O)c1cccnc1Oc1ccccc1)Nc1ccccc1Cl. The Bertz CT molecular complexity index is 947. The van der Waals surface area contributed by atoms with Gasteiger partial charge in [0, 0.05) is 6.20 Å². The van der Waals surface area contributed by atoms with Gasteiger partial charge in [-0.15, -0.1) is 0 Å². The molecule has 7 heteroatoms. The van der Waals surface area contributed by atoms with Gasteiger partial charge in [0.15, 0.2) is 6.61 Å². The topological polar surface area (TPSA) is 77.5 Å². The Morgan fingerprint density at radius 3 is 2.48 bits per heavy atom. The Labute approximate surface area is 160 Å². The van der Waals surface area contributed by atoms with Crippen molar-refractivity contribution in [3.05, 3.63) is 83.5 Å². The summed E-state index contributed by atoms with van der Waals surface area (Å²) in [5, 5.41) is 2.97. The first-order valence-electron chi connectivity index (χ1n) is 8.03. The summed E-state index contributed by atoms with van der Waals surface area (Å²) < 4.78 is 10.7. The van der Waals surface area contributed by atoms with Gasteiger partial charge >= 0.3 is 5.97 Å². The van der Waals surface area contributed by atoms with Gasteiger partial charge in [0.1, 0.15) is 11.3 Å². The summed E-state index contributed by atoms with van der Waals surface area (Å²) in [7, 11) is 0. The minimum absolute atomic E-state index is 0.0974. The number of hydrogen-bond acceptors (Lipinski definition) is 5. The highest BCUT2D eigenvalue weighted by Gasteiger charge is 2.17. The van der Waals surface area contributed by atoms with Crippen LogP contribution in [0.4, 0.5) is 5.69 Å². The van der Waals surface area contributed by atoms with E-state index >= 15 is 0 Å². The second kappa shape index (κ2) is 8.82. The largest absolute Gasteiger partial charge is 0.452 e. The molecule has 0 atom stereocenters. The smallest absolute Gasteiger partial charge is 0.344 e. The molecular formula is C20H15ClN2O4. The van der Waals surface area contributed by atoms with E-state index in [0.717, 1.165) is 0 Å². The van der Waals surface area contributed by atoms with Crippen LogP contribution in [0.5, 0.6) is 11.6 Å². The number of amides is 1. The minimum atomic E-state index is -0.719. The number of esters is 1. The molecule has 0 saturated carbocycles. The van der Waals surface area contributed by atoms with E-state index in [0.29, 0.717) is 16.5 Å². The number of anilines is 1. The second-order valence-corrected chi connectivity index (χ2v) is 5.78. The molecule has 1 N–H and O–H groups in total. The number of nitrogens with one attached hydrogen (secondary N) is 1. The zero-order valence-electron chi connectivity index (χ0n) is 14.1. The highest BCUT2D eigenvalue weighted by molar-refractivity contribution is 6.33. The Kier molecular flexibility index (Phi) is 6.02. The van der Waals surface area contributed by atoms with Gasteiger partial charge < -0.3 is 14.8 Å². The molecule has 0 bridgehead atoms. The first-order valence-corrected chi connectivity index (χ1v) is 8.40. The first kappa shape index (κ1) is 18.4. The van der Waals surface area contributed by atoms with Crippen LogP contribution in [0.15, 0.2) is 72.9 Å². The first-order chi connectivity index (χ1) is 13.1. The molecule has 136 valence electrons. The molecule has 0 aliphatic heterocycles. The van der Waals surface area contributed by atoms with Crippen molar-refractivity contribution in [2.24, 2.45) is 0 Å². The van der Waals surface area contributed by atoms with Crippen molar-refractivity contribution >= 4 is 29.2 Å². The van der Waals surface area contributed by atoms with Gasteiger partial charge in [-0.2, -0.15) is 0 Å². The van der Waals surface area contributed by atoms with Crippen LogP contribution >= 0.6 is 11.6 Å². The second-order valence-electron chi connectivity index (χ2n) is 5.38. The lowest BCUT2D eigenvalue weighted by atomic mass is 10.2. The van der Waals surface area contributed by atoms with E-state index in [1.54, 1.807) is 54.6 Å². The van der Waals surface area contributed by atoms with Crippen molar-refractivity contribution in [2.75, 3.05) is 11.9 Å². The van der Waals surface area contributed by atoms with Gasteiger partial charge in [0.05, 0.1) is 10.7 Å². The zero-order chi connectivity index (χ0) is 19.1. The maximum absolute atomic E-state index is 12.3. The lowest BCUT2D eigenvalue weighted by Crippen LogP contribution is -2.21. The van der Waals surface area contributed by atoms with Gasteiger partial charge in [-0.3, -0.25) is 4.79 Å². The number of aromatic nitrogens is 1. The summed E-state index contributed by atoms with van der Waals surface area (Å²) in [6.45, 7) is -0.469. The fraction of sp³-hybridized carbons (Fsp3) is 0.0500. The van der Waals surface area contributed by atoms with Crippen LogP contribution in [-0.4, -0.2) is 23.5 Å². The van der Waals surface area contributed by atoms with Crippen molar-refractivity contribution in [3.8, 4) is 11.6 Å². The summed E-state index contributed by atoms with van der Waals surface area (Å²) in [5.41, 5.74) is 0.557. The standard InChI is InChI=1S/C20H15ClN2O4/c21-16-10-4-5-11-17(16)23-18(24)13-26-20(25)15-9-6-12-22-19(15)27-14-7-2-1-3-8-14/h1-12H,13H2,(H,23,24). The summed E-state index contributed by atoms with van der Waals surface area (Å²) >= 11 is 5.98. The van der Waals surface area contributed by atoms with E-state index in [2.05, 4.69) is 10.3 Å². The van der Waals surface area contributed by atoms with Gasteiger partial charge in [-0.05, 0) is 36.4 Å². The van der Waals surface area contributed by atoms with E-state index in [1.807, 2.05) is 6.07 Å². The number of ether oxygens (including phenoxy) is 2. The predicted molar refractivity (Wildman–Crippen MR) is 101 cm³/mol. The summed E-state index contributed by atoms with van der Waals surface area (Å²) in [6.07, 6.45) is 1.50. The predicted octanol–water partition coefficient (Wildman–Crippen LogP) is 4.32. The number of benzene rings is 2. The molecule has 3 rings (SSSR count). The fourth-order valence-electron chi connectivity index (χ4n) is 2.19. The quantitative estimate of drug-likeness (QED) is 0.642. The molecule has 0 fully saturated rings. The summed E-state index contributed by atoms with van der Waals surface area (Å²) in [6, 6.07) is 18.8. The van der Waals surface area contributed by atoms with E-state index in [9.17, 15) is 9.59 Å². The molecule has 0 radical (unpaired) electrons. The van der Waals surface area contributed by atoms with Crippen LogP contribution in [-0.2, 0) is 9.53 Å². The van der Waals surface area contributed by atoms with Gasteiger partial charge in [-0.25, -0.2) is 9.78 Å². The molecule has 2 aromatic carbocycles. The maximum atomic E-state index is 12.3. The van der Waals surface area contributed by atoms with Crippen molar-refractivity contribution in [2.45, 2.75) is 0 Å². The molecule has 0 saturated heterocycles. The van der Waals surface area contributed by atoms with E-state index < -0.39 is 18.5 Å². The number of hydrogen-bond donors (Lipinski definition) is 1. The van der Waals surface area contributed by atoms with E-state index in [4.69, 9.17) is 21.1 Å². The number of halogens is 1. The Balaban J connectivity index is 1.63. The molecular weight excluding hydrogens is 368 g/mol. The van der Waals surface area contributed by atoms with Crippen molar-refractivity contribution in [3.63, 3.8) is 0 Å². The number of para-hydroxylation sites is 2.